The van der Waals surface area contributed by atoms with Gasteiger partial charge in [-0.2, -0.15) is 0 Å². The lowest BCUT2D eigenvalue weighted by molar-refractivity contribution is 0.547. The van der Waals surface area contributed by atoms with Crippen molar-refractivity contribution in [2.45, 2.75) is 5.41 Å². The van der Waals surface area contributed by atoms with Gasteiger partial charge in [0.1, 0.15) is 34.9 Å². The van der Waals surface area contributed by atoms with Gasteiger partial charge in [-0.25, -0.2) is 26.3 Å². The molecule has 1 aliphatic carbocycles. The average molecular weight is 883 g/mol. The number of hydrogen-bond donors (Lipinski definition) is 0. The van der Waals surface area contributed by atoms with Crippen LogP contribution in [0.1, 0.15) is 22.3 Å². The fourth-order valence-electron chi connectivity index (χ4n) is 11.1. The van der Waals surface area contributed by atoms with Gasteiger partial charge in [0, 0.05) is 46.1 Å². The van der Waals surface area contributed by atoms with Crippen LogP contribution in [0.2, 0.25) is 0 Å². The van der Waals surface area contributed by atoms with Gasteiger partial charge in [0.15, 0.2) is 0 Å². The molecule has 13 rings (SSSR count). The molecule has 8 heteroatoms. The summed E-state index contributed by atoms with van der Waals surface area (Å²) in [4.78, 5) is 2.22. The molecule has 0 unspecified atom stereocenters. The molecule has 1 spiro atoms. The number of benzene rings is 10. The lowest BCUT2D eigenvalue weighted by Crippen LogP contribution is -2.36. The quantitative estimate of drug-likeness (QED) is 0.160. The number of nitrogens with zero attached hydrogens (tertiary/aromatic N) is 2. The highest BCUT2D eigenvalue weighted by Crippen LogP contribution is 2.64. The van der Waals surface area contributed by atoms with E-state index < -0.39 is 40.3 Å². The van der Waals surface area contributed by atoms with Crippen molar-refractivity contribution in [3.63, 3.8) is 0 Å². The third-order valence-electron chi connectivity index (χ3n) is 13.7. The maximum atomic E-state index is 15.8. The second kappa shape index (κ2) is 14.3. The van der Waals surface area contributed by atoms with Crippen LogP contribution in [0.5, 0.6) is 0 Å². The molecule has 1 aromatic heterocycles. The summed E-state index contributed by atoms with van der Waals surface area (Å²) < 4.78 is 93.8. The van der Waals surface area contributed by atoms with Crippen LogP contribution in [0, 0.1) is 34.9 Å². The molecule has 0 bridgehead atoms. The van der Waals surface area contributed by atoms with E-state index in [9.17, 15) is 8.78 Å². The monoisotopic (exact) mass is 882 g/mol. The molecule has 0 fully saturated rings. The minimum Gasteiger partial charge on any atom is -0.310 e. The number of halogens is 6. The standard InChI is InChI=1S/C59H32F6N2/c60-36-27-48(62)57(49(63)28-36)34-22-24-53-42(25-34)43-31-47-41(32-56(43)67(53)52-20-10-12-33-11-4-5-15-39(33)52)40-23-21-35(58-50(64)29-37(61)30-51(58)65)26-46(40)59(47)44-16-6-8-18-54(44)66(38-13-2-1-3-14-38)55-19-9-7-17-45(55)59/h1-32H. The van der Waals surface area contributed by atoms with Gasteiger partial charge >= 0.3 is 0 Å². The van der Waals surface area contributed by atoms with E-state index in [1.165, 1.54) is 0 Å². The fraction of sp³-hybridized carbons (Fsp3) is 0.0169. The zero-order valence-electron chi connectivity index (χ0n) is 35.1. The molecule has 2 nitrogen and oxygen atoms in total. The van der Waals surface area contributed by atoms with Gasteiger partial charge in [-0.05, 0) is 111 Å². The molecule has 11 aromatic rings. The van der Waals surface area contributed by atoms with Gasteiger partial charge in [-0.3, -0.25) is 0 Å². The van der Waals surface area contributed by atoms with Gasteiger partial charge in [0.25, 0.3) is 0 Å². The Balaban J connectivity index is 1.19. The second-order valence-corrected chi connectivity index (χ2v) is 17.2. The molecule has 0 saturated carbocycles. The fourth-order valence-corrected chi connectivity index (χ4v) is 11.1. The molecule has 0 saturated heterocycles. The maximum Gasteiger partial charge on any atom is 0.136 e. The van der Waals surface area contributed by atoms with E-state index in [4.69, 9.17) is 0 Å². The molecule has 0 amide bonds. The number of rotatable bonds is 4. The highest BCUT2D eigenvalue weighted by molar-refractivity contribution is 6.14. The van der Waals surface area contributed by atoms with Gasteiger partial charge < -0.3 is 9.47 Å². The first-order chi connectivity index (χ1) is 32.7. The average Bonchev–Trinajstić information content (AvgIpc) is 3.79. The van der Waals surface area contributed by atoms with Crippen LogP contribution >= 0.6 is 0 Å². The molecule has 2 aliphatic rings. The summed E-state index contributed by atoms with van der Waals surface area (Å²) in [5, 5.41) is 3.45. The van der Waals surface area contributed by atoms with Crippen LogP contribution in [0.15, 0.2) is 194 Å². The first-order valence-electron chi connectivity index (χ1n) is 21.8. The van der Waals surface area contributed by atoms with E-state index in [1.54, 1.807) is 18.2 Å². The molecular weight excluding hydrogens is 851 g/mol. The van der Waals surface area contributed by atoms with E-state index in [0.29, 0.717) is 29.7 Å². The Kier molecular flexibility index (Phi) is 8.34. The summed E-state index contributed by atoms with van der Waals surface area (Å²) in [7, 11) is 0. The van der Waals surface area contributed by atoms with Gasteiger partial charge in [0.05, 0.1) is 44.6 Å². The number of hydrogen-bond acceptors (Lipinski definition) is 1. The van der Waals surface area contributed by atoms with Crippen molar-refractivity contribution in [3.8, 4) is 39.1 Å². The lowest BCUT2D eigenvalue weighted by Gasteiger charge is -2.45. The Labute approximate surface area is 379 Å². The Hall–Kier alpha value is -8.36. The van der Waals surface area contributed by atoms with E-state index >= 15 is 17.6 Å². The Morgan fingerprint density at radius 3 is 1.54 bits per heavy atom. The van der Waals surface area contributed by atoms with Crippen molar-refractivity contribution in [1.82, 2.24) is 4.57 Å². The Bertz CT molecular complexity index is 3810. The predicted molar refractivity (Wildman–Crippen MR) is 254 cm³/mol. The van der Waals surface area contributed by atoms with Crippen molar-refractivity contribution >= 4 is 49.6 Å². The molecule has 0 N–H and O–H groups in total. The summed E-state index contributed by atoms with van der Waals surface area (Å²) in [5.41, 5.74) is 8.98. The van der Waals surface area contributed by atoms with Crippen LogP contribution < -0.4 is 4.90 Å². The largest absolute Gasteiger partial charge is 0.310 e. The molecule has 2 heterocycles. The number of para-hydroxylation sites is 3. The zero-order chi connectivity index (χ0) is 45.3. The van der Waals surface area contributed by atoms with Gasteiger partial charge in [0.2, 0.25) is 0 Å². The first kappa shape index (κ1) is 39.0. The summed E-state index contributed by atoms with van der Waals surface area (Å²) in [6.07, 6.45) is 0. The zero-order valence-corrected chi connectivity index (χ0v) is 35.1. The minimum absolute atomic E-state index is 0.234. The van der Waals surface area contributed by atoms with Crippen LogP contribution in [-0.2, 0) is 5.41 Å². The van der Waals surface area contributed by atoms with Crippen LogP contribution in [0.4, 0.5) is 43.4 Å². The van der Waals surface area contributed by atoms with E-state index in [1.807, 2.05) is 97.1 Å². The van der Waals surface area contributed by atoms with Crippen LogP contribution in [-0.4, -0.2) is 4.57 Å². The molecule has 0 radical (unpaired) electrons. The Morgan fingerprint density at radius 2 is 0.866 bits per heavy atom. The van der Waals surface area contributed by atoms with E-state index in [-0.39, 0.29) is 22.3 Å². The molecule has 320 valence electrons. The highest BCUT2D eigenvalue weighted by atomic mass is 19.2. The second-order valence-electron chi connectivity index (χ2n) is 17.2. The minimum atomic E-state index is -1.11. The van der Waals surface area contributed by atoms with Crippen LogP contribution in [0.25, 0.3) is 71.6 Å². The maximum absolute atomic E-state index is 15.8. The lowest BCUT2D eigenvalue weighted by atomic mass is 9.64. The van der Waals surface area contributed by atoms with Crippen molar-refractivity contribution in [2.75, 3.05) is 4.90 Å². The predicted octanol–water partition coefficient (Wildman–Crippen LogP) is 16.3. The van der Waals surface area contributed by atoms with Crippen LogP contribution in [0.3, 0.4) is 0 Å². The van der Waals surface area contributed by atoms with Gasteiger partial charge in [-0.1, -0.05) is 109 Å². The number of anilines is 3. The topological polar surface area (TPSA) is 8.17 Å². The van der Waals surface area contributed by atoms with Crippen molar-refractivity contribution < 1.29 is 26.3 Å². The molecule has 67 heavy (non-hydrogen) atoms. The van der Waals surface area contributed by atoms with Crippen molar-refractivity contribution in [3.05, 3.63) is 251 Å². The smallest absolute Gasteiger partial charge is 0.136 e. The third-order valence-corrected chi connectivity index (χ3v) is 13.7. The number of aromatic nitrogens is 1. The molecule has 1 aliphatic heterocycles. The number of fused-ring (bicyclic) bond motifs is 13. The van der Waals surface area contributed by atoms with Crippen molar-refractivity contribution in [1.29, 1.82) is 0 Å². The summed E-state index contributed by atoms with van der Waals surface area (Å²) in [6.45, 7) is 0. The summed E-state index contributed by atoms with van der Waals surface area (Å²) in [5.74, 6) is -6.11. The van der Waals surface area contributed by atoms with E-state index in [2.05, 4.69) is 64.1 Å². The Morgan fingerprint density at radius 1 is 0.343 bits per heavy atom. The third kappa shape index (κ3) is 5.47. The normalized spacial score (nSPS) is 13.3. The summed E-state index contributed by atoms with van der Waals surface area (Å²) >= 11 is 0. The highest BCUT2D eigenvalue weighted by Gasteiger charge is 2.52. The van der Waals surface area contributed by atoms with Crippen molar-refractivity contribution in [2.24, 2.45) is 0 Å². The summed E-state index contributed by atoms with van der Waals surface area (Å²) in [6, 6.07) is 58.2. The molecular formula is C59H32F6N2. The first-order valence-corrected chi connectivity index (χ1v) is 21.8. The molecule has 10 aromatic carbocycles. The van der Waals surface area contributed by atoms with Gasteiger partial charge in [-0.15, -0.1) is 0 Å². The molecule has 0 atom stereocenters. The van der Waals surface area contributed by atoms with E-state index in [0.717, 1.165) is 83.3 Å². The SMILES string of the molecule is Fc1cc(F)c(-c2ccc3c(c2)C2(c4cc5c6cc(-c7c(F)cc(F)cc7F)ccc6n(-c6cccc7ccccc67)c5cc4-3)c3ccccc3N(c3ccccc3)c3ccccc32)c(F)c1.